The summed E-state index contributed by atoms with van der Waals surface area (Å²) in [6.45, 7) is 4.56. The van der Waals surface area contributed by atoms with E-state index in [1.807, 2.05) is 0 Å². The second-order valence-corrected chi connectivity index (χ2v) is 32.6. The molecule has 12 heavy (non-hydrogen) atoms. The Morgan fingerprint density at radius 3 is 2.50 bits per heavy atom. The van der Waals surface area contributed by atoms with E-state index in [9.17, 15) is 0 Å². The normalized spacial score (nSPS) is 10.2. The van der Waals surface area contributed by atoms with Crippen LogP contribution in [0.1, 0.15) is 39.5 Å². The first kappa shape index (κ1) is 14.2. The van der Waals surface area contributed by atoms with Crippen molar-refractivity contribution in [3.8, 4) is 0 Å². The Kier molecular flexibility index (Phi) is 13.3. The zero-order chi connectivity index (χ0) is 9.23. The van der Waals surface area contributed by atoms with E-state index < -0.39 is 16.4 Å². The summed E-state index contributed by atoms with van der Waals surface area (Å²) in [5.74, 6) is 0. The molecule has 0 amide bonds. The van der Waals surface area contributed by atoms with Gasteiger partial charge in [0.05, 0.1) is 0 Å². The van der Waals surface area contributed by atoms with Crippen molar-refractivity contribution in [1.82, 2.24) is 0 Å². The minimum absolute atomic E-state index is 0.0288. The maximum atomic E-state index is 5.55. The fraction of sp³-hybridized carbons (Fsp3) is 1.00. The van der Waals surface area contributed by atoms with Crippen molar-refractivity contribution in [3.05, 3.63) is 0 Å². The predicted octanol–water partition coefficient (Wildman–Crippen LogP) is 4.04. The topological polar surface area (TPSA) is 0 Å². The van der Waals surface area contributed by atoms with Gasteiger partial charge in [-0.15, -0.1) is 0 Å². The summed E-state index contributed by atoms with van der Waals surface area (Å²) in [6, 6.07) is 0. The molecular weight excluding hydrogens is 398 g/mol. The molecule has 0 aliphatic heterocycles. The van der Waals surface area contributed by atoms with E-state index in [-0.39, 0.29) is 19.8 Å². The summed E-state index contributed by atoms with van der Waals surface area (Å²) in [5.41, 5.74) is 0. The molecule has 0 heterocycles. The first-order valence-corrected chi connectivity index (χ1v) is 20.5. The van der Waals surface area contributed by atoms with Gasteiger partial charge in [-0.3, -0.25) is 0 Å². The molecule has 0 saturated carbocycles. The van der Waals surface area contributed by atoms with Crippen LogP contribution in [0.5, 0.6) is 0 Å². The Hall–Kier alpha value is 2.17. The monoisotopic (exact) mass is 418 g/mol. The van der Waals surface area contributed by atoms with Crippen LogP contribution in [0.2, 0.25) is 8.87 Å². The van der Waals surface area contributed by atoms with E-state index in [1.165, 1.54) is 30.1 Å². The van der Waals surface area contributed by atoms with E-state index in [0.717, 1.165) is 0 Å². The standard InChI is InChI=1S/2C4H9.2S.2Sn/c2*1-3-4-2;;;;/h2*1,3-4H2,2H3;;;;. The van der Waals surface area contributed by atoms with Crippen molar-refractivity contribution in [3.63, 3.8) is 0 Å². The molecule has 0 aromatic rings. The van der Waals surface area contributed by atoms with Crippen LogP contribution in [-0.2, 0) is 0 Å². The third-order valence-corrected chi connectivity index (χ3v) is 45.6. The van der Waals surface area contributed by atoms with Gasteiger partial charge in [0.15, 0.2) is 0 Å². The number of hydrogen-bond acceptors (Lipinski definition) is 2. The fourth-order valence-electron chi connectivity index (χ4n) is 0.753. The molecule has 0 nitrogen and oxygen atoms in total. The molecular formula is C8H18S2Sn2. The van der Waals surface area contributed by atoms with E-state index in [1.54, 1.807) is 4.44 Å². The summed E-state index contributed by atoms with van der Waals surface area (Å²) >= 11 is -1.23. The molecule has 0 saturated heterocycles. The molecule has 2 radical (unpaired) electrons. The second-order valence-electron chi connectivity index (χ2n) is 2.83. The first-order chi connectivity index (χ1) is 5.81. The van der Waals surface area contributed by atoms with Crippen LogP contribution in [0.25, 0.3) is 0 Å². The van der Waals surface area contributed by atoms with Gasteiger partial charge in [-0.25, -0.2) is 0 Å². The SMILES string of the molecule is CCC[CH2][Sn][S][Sn](=[S])[CH2]CCC. The summed E-state index contributed by atoms with van der Waals surface area (Å²) in [7, 11) is 5.55. The quantitative estimate of drug-likeness (QED) is 0.433. The molecule has 0 aliphatic rings. The van der Waals surface area contributed by atoms with Crippen molar-refractivity contribution >= 4 is 51.6 Å². The Balaban J connectivity index is 3.08. The molecule has 0 N–H and O–H groups in total. The average molecular weight is 416 g/mol. The average Bonchev–Trinajstić information content (AvgIpc) is 2.09. The zero-order valence-electron chi connectivity index (χ0n) is 8.06. The van der Waals surface area contributed by atoms with Crippen LogP contribution in [0.15, 0.2) is 0 Å². The van der Waals surface area contributed by atoms with Crippen LogP contribution in [-0.4, -0.2) is 36.2 Å². The Morgan fingerprint density at radius 2 is 1.92 bits per heavy atom. The van der Waals surface area contributed by atoms with Gasteiger partial charge in [0, 0.05) is 0 Å². The van der Waals surface area contributed by atoms with Gasteiger partial charge in [-0.05, 0) is 0 Å². The Morgan fingerprint density at radius 1 is 1.25 bits per heavy atom. The van der Waals surface area contributed by atoms with Gasteiger partial charge in [0.1, 0.15) is 0 Å². The van der Waals surface area contributed by atoms with Gasteiger partial charge in [-0.1, -0.05) is 0 Å². The number of unbranched alkanes of at least 4 members (excludes halogenated alkanes) is 2. The molecule has 0 aliphatic carbocycles. The van der Waals surface area contributed by atoms with Crippen molar-refractivity contribution in [1.29, 1.82) is 0 Å². The van der Waals surface area contributed by atoms with Crippen LogP contribution in [0.3, 0.4) is 0 Å². The van der Waals surface area contributed by atoms with E-state index in [0.29, 0.717) is 0 Å². The zero-order valence-corrected chi connectivity index (χ0v) is 15.4. The van der Waals surface area contributed by atoms with Crippen LogP contribution in [0.4, 0.5) is 0 Å². The molecule has 0 bridgehead atoms. The van der Waals surface area contributed by atoms with E-state index >= 15 is 0 Å². The maximum absolute atomic E-state index is 5.55. The molecule has 0 rings (SSSR count). The van der Waals surface area contributed by atoms with Crippen LogP contribution in [0, 0.1) is 0 Å². The van der Waals surface area contributed by atoms with Gasteiger partial charge < -0.3 is 0 Å². The van der Waals surface area contributed by atoms with E-state index in [2.05, 4.69) is 20.0 Å². The number of hydrogen-bond donors (Lipinski definition) is 0. The predicted molar refractivity (Wildman–Crippen MR) is 66.1 cm³/mol. The molecule has 0 aromatic carbocycles. The van der Waals surface area contributed by atoms with Crippen LogP contribution >= 0.6 is 15.4 Å². The van der Waals surface area contributed by atoms with Gasteiger partial charge in [0.25, 0.3) is 0 Å². The molecule has 4 heteroatoms. The first-order valence-electron chi connectivity index (χ1n) is 4.73. The molecule has 0 atom stereocenters. The minimum atomic E-state index is -1.20. The van der Waals surface area contributed by atoms with Crippen molar-refractivity contribution in [2.24, 2.45) is 0 Å². The van der Waals surface area contributed by atoms with Gasteiger partial charge in [0.2, 0.25) is 0 Å². The number of rotatable bonds is 8. The summed E-state index contributed by atoms with van der Waals surface area (Å²) in [6.07, 6.45) is 7.95. The van der Waals surface area contributed by atoms with Crippen LogP contribution < -0.4 is 0 Å². The van der Waals surface area contributed by atoms with Crippen molar-refractivity contribution in [2.45, 2.75) is 48.4 Å². The fourth-order valence-corrected chi connectivity index (χ4v) is 39.3. The summed E-state index contributed by atoms with van der Waals surface area (Å²) < 4.78 is 3.03. The molecule has 70 valence electrons. The third-order valence-electron chi connectivity index (χ3n) is 1.55. The second kappa shape index (κ2) is 11.2. The summed E-state index contributed by atoms with van der Waals surface area (Å²) in [5, 5.41) is 0. The van der Waals surface area contributed by atoms with Gasteiger partial charge in [-0.2, -0.15) is 0 Å². The molecule has 0 spiro atoms. The molecule has 0 fully saturated rings. The molecule has 0 unspecified atom stereocenters. The van der Waals surface area contributed by atoms with Crippen molar-refractivity contribution in [2.75, 3.05) is 0 Å². The Labute approximate surface area is 98.7 Å². The van der Waals surface area contributed by atoms with Crippen molar-refractivity contribution < 1.29 is 0 Å². The Bertz CT molecular complexity index is 118. The van der Waals surface area contributed by atoms with Gasteiger partial charge >= 0.3 is 100 Å². The molecule has 0 aromatic heterocycles. The van der Waals surface area contributed by atoms with E-state index in [4.69, 9.17) is 9.29 Å². The summed E-state index contributed by atoms with van der Waals surface area (Å²) in [4.78, 5) is 0. The third kappa shape index (κ3) is 10.2.